The Balaban J connectivity index is 2.26. The van der Waals surface area contributed by atoms with Gasteiger partial charge < -0.3 is 0 Å². The zero-order valence-corrected chi connectivity index (χ0v) is 8.53. The van der Waals surface area contributed by atoms with Crippen molar-refractivity contribution < 1.29 is 8.78 Å². The van der Waals surface area contributed by atoms with Crippen molar-refractivity contribution in [3.63, 3.8) is 0 Å². The zero-order valence-electron chi connectivity index (χ0n) is 8.53. The second-order valence-corrected chi connectivity index (χ2v) is 3.98. The molecular formula is C14H10F2. The van der Waals surface area contributed by atoms with E-state index in [1.807, 2.05) is 0 Å². The molecule has 0 unspecified atom stereocenters. The molecule has 0 saturated carbocycles. The van der Waals surface area contributed by atoms with Gasteiger partial charge in [0.25, 0.3) is 0 Å². The van der Waals surface area contributed by atoms with Crippen LogP contribution in [-0.4, -0.2) is 0 Å². The van der Waals surface area contributed by atoms with Crippen molar-refractivity contribution >= 4 is 0 Å². The summed E-state index contributed by atoms with van der Waals surface area (Å²) in [4.78, 5) is 0. The van der Waals surface area contributed by atoms with Gasteiger partial charge in [0.2, 0.25) is 0 Å². The first-order valence-corrected chi connectivity index (χ1v) is 5.25. The van der Waals surface area contributed by atoms with Crippen LogP contribution in [0.2, 0.25) is 0 Å². The van der Waals surface area contributed by atoms with Gasteiger partial charge in [0.15, 0.2) is 12.3 Å². The van der Waals surface area contributed by atoms with Gasteiger partial charge in [-0.1, -0.05) is 48.5 Å². The van der Waals surface area contributed by atoms with Crippen molar-refractivity contribution in [3.05, 3.63) is 70.8 Å². The van der Waals surface area contributed by atoms with Gasteiger partial charge in [-0.15, -0.1) is 0 Å². The van der Waals surface area contributed by atoms with E-state index in [1.165, 1.54) is 0 Å². The first-order valence-electron chi connectivity index (χ1n) is 5.25. The highest BCUT2D eigenvalue weighted by Crippen LogP contribution is 2.44. The molecule has 0 bridgehead atoms. The number of halogens is 2. The fourth-order valence-corrected chi connectivity index (χ4v) is 2.28. The van der Waals surface area contributed by atoms with E-state index in [0.29, 0.717) is 22.3 Å². The van der Waals surface area contributed by atoms with E-state index in [2.05, 4.69) is 0 Å². The van der Waals surface area contributed by atoms with Crippen molar-refractivity contribution in [2.75, 3.05) is 0 Å². The maximum absolute atomic E-state index is 14.2. The summed E-state index contributed by atoms with van der Waals surface area (Å²) in [5.41, 5.74) is 1.81. The lowest BCUT2D eigenvalue weighted by atomic mass is 9.83. The fourth-order valence-electron chi connectivity index (χ4n) is 2.28. The van der Waals surface area contributed by atoms with Crippen LogP contribution in [0, 0.1) is 0 Å². The van der Waals surface area contributed by atoms with Crippen molar-refractivity contribution in [1.82, 2.24) is 0 Å². The lowest BCUT2D eigenvalue weighted by molar-refractivity contribution is 0.338. The smallest absolute Gasteiger partial charge is 0.151 e. The van der Waals surface area contributed by atoms with Gasteiger partial charge >= 0.3 is 0 Å². The van der Waals surface area contributed by atoms with Gasteiger partial charge in [-0.25, -0.2) is 8.78 Å². The van der Waals surface area contributed by atoms with Gasteiger partial charge in [0.1, 0.15) is 0 Å². The molecule has 0 atom stereocenters. The lowest BCUT2D eigenvalue weighted by Crippen LogP contribution is -2.12. The largest absolute Gasteiger partial charge is 0.237 e. The standard InChI is InChI=1S/C14H10F2/c15-13-9-5-1-2-6-10(9)14(16)12-8-4-3-7-11(12)13/h1-8,13-14H. The van der Waals surface area contributed by atoms with E-state index in [-0.39, 0.29) is 0 Å². The number of alkyl halides is 2. The van der Waals surface area contributed by atoms with Gasteiger partial charge in [0, 0.05) is 0 Å². The Kier molecular flexibility index (Phi) is 2.03. The van der Waals surface area contributed by atoms with E-state index in [0.717, 1.165) is 0 Å². The van der Waals surface area contributed by atoms with Crippen LogP contribution in [0.5, 0.6) is 0 Å². The van der Waals surface area contributed by atoms with E-state index < -0.39 is 12.3 Å². The van der Waals surface area contributed by atoms with E-state index in [4.69, 9.17) is 0 Å². The van der Waals surface area contributed by atoms with Gasteiger partial charge in [-0.3, -0.25) is 0 Å². The number of rotatable bonds is 0. The van der Waals surface area contributed by atoms with Crippen LogP contribution in [0.25, 0.3) is 0 Å². The van der Waals surface area contributed by atoms with Crippen molar-refractivity contribution in [2.24, 2.45) is 0 Å². The summed E-state index contributed by atoms with van der Waals surface area (Å²) in [5, 5.41) is 0. The highest BCUT2D eigenvalue weighted by molar-refractivity contribution is 5.49. The third kappa shape index (κ3) is 1.19. The molecule has 2 heteroatoms. The van der Waals surface area contributed by atoms with Gasteiger partial charge in [0.05, 0.1) is 0 Å². The maximum atomic E-state index is 14.2. The van der Waals surface area contributed by atoms with E-state index in [9.17, 15) is 8.78 Å². The Hall–Kier alpha value is -1.70. The SMILES string of the molecule is FC1c2ccccc2C(F)c2ccccc21. The Morgan fingerprint density at radius 3 is 1.06 bits per heavy atom. The summed E-state index contributed by atoms with van der Waals surface area (Å²) in [6.45, 7) is 0. The Bertz CT molecular complexity index is 438. The molecule has 0 aliphatic heterocycles. The fraction of sp³-hybridized carbons (Fsp3) is 0.143. The molecule has 80 valence electrons. The molecule has 0 fully saturated rings. The van der Waals surface area contributed by atoms with Crippen LogP contribution >= 0.6 is 0 Å². The quantitative estimate of drug-likeness (QED) is 0.621. The summed E-state index contributed by atoms with van der Waals surface area (Å²) in [5.74, 6) is 0. The van der Waals surface area contributed by atoms with Gasteiger partial charge in [-0.05, 0) is 22.3 Å². The predicted octanol–water partition coefficient (Wildman–Crippen LogP) is 4.12. The second-order valence-electron chi connectivity index (χ2n) is 3.98. The Morgan fingerprint density at radius 1 is 0.562 bits per heavy atom. The molecule has 0 amide bonds. The maximum Gasteiger partial charge on any atom is 0.151 e. The van der Waals surface area contributed by atoms with E-state index in [1.54, 1.807) is 48.5 Å². The Morgan fingerprint density at radius 2 is 0.812 bits per heavy atom. The molecule has 0 radical (unpaired) electrons. The Labute approximate surface area is 92.5 Å². The number of benzene rings is 2. The molecule has 0 spiro atoms. The molecule has 0 heterocycles. The third-order valence-corrected chi connectivity index (χ3v) is 3.08. The molecule has 0 saturated heterocycles. The average molecular weight is 216 g/mol. The molecule has 2 aromatic carbocycles. The number of fused-ring (bicyclic) bond motifs is 2. The summed E-state index contributed by atoms with van der Waals surface area (Å²) < 4.78 is 28.4. The minimum absolute atomic E-state index is 0.452. The molecule has 0 nitrogen and oxygen atoms in total. The zero-order chi connectivity index (χ0) is 11.1. The molecule has 0 aromatic heterocycles. The molecule has 0 N–H and O–H groups in total. The van der Waals surface area contributed by atoms with Crippen molar-refractivity contribution in [2.45, 2.75) is 12.3 Å². The lowest BCUT2D eigenvalue weighted by Gasteiger charge is -2.25. The molecule has 2 aromatic rings. The normalized spacial score (nSPS) is 22.4. The number of hydrogen-bond donors (Lipinski definition) is 0. The summed E-state index contributed by atoms with van der Waals surface area (Å²) in [6.07, 6.45) is -2.42. The summed E-state index contributed by atoms with van der Waals surface area (Å²) in [7, 11) is 0. The molecular weight excluding hydrogens is 206 g/mol. The minimum Gasteiger partial charge on any atom is -0.237 e. The monoisotopic (exact) mass is 216 g/mol. The molecule has 16 heavy (non-hydrogen) atoms. The van der Waals surface area contributed by atoms with Crippen LogP contribution in [-0.2, 0) is 0 Å². The summed E-state index contributed by atoms with van der Waals surface area (Å²) in [6, 6.07) is 13.6. The summed E-state index contributed by atoms with van der Waals surface area (Å²) >= 11 is 0. The molecule has 3 rings (SSSR count). The van der Waals surface area contributed by atoms with Crippen LogP contribution in [0.3, 0.4) is 0 Å². The van der Waals surface area contributed by atoms with Crippen LogP contribution in [0.15, 0.2) is 48.5 Å². The third-order valence-electron chi connectivity index (χ3n) is 3.08. The van der Waals surface area contributed by atoms with Crippen LogP contribution in [0.4, 0.5) is 8.78 Å². The highest BCUT2D eigenvalue weighted by atomic mass is 19.1. The first kappa shape index (κ1) is 9.52. The molecule has 1 aliphatic rings. The first-order chi connectivity index (χ1) is 7.79. The minimum atomic E-state index is -1.21. The predicted molar refractivity (Wildman–Crippen MR) is 58.8 cm³/mol. The topological polar surface area (TPSA) is 0 Å². The van der Waals surface area contributed by atoms with Crippen LogP contribution in [0.1, 0.15) is 34.6 Å². The van der Waals surface area contributed by atoms with Gasteiger partial charge in [-0.2, -0.15) is 0 Å². The van der Waals surface area contributed by atoms with E-state index >= 15 is 0 Å². The second kappa shape index (κ2) is 3.41. The van der Waals surface area contributed by atoms with Crippen molar-refractivity contribution in [3.8, 4) is 0 Å². The highest BCUT2D eigenvalue weighted by Gasteiger charge is 2.31. The number of hydrogen-bond acceptors (Lipinski definition) is 0. The van der Waals surface area contributed by atoms with Crippen molar-refractivity contribution in [1.29, 1.82) is 0 Å². The molecule has 1 aliphatic carbocycles. The van der Waals surface area contributed by atoms with Crippen LogP contribution < -0.4 is 0 Å². The average Bonchev–Trinajstić information content (AvgIpc) is 2.36.